The molecule has 3 rings (SSSR count). The summed E-state index contributed by atoms with van der Waals surface area (Å²) in [6, 6.07) is 11.4. The lowest BCUT2D eigenvalue weighted by molar-refractivity contribution is 0.0892. The quantitative estimate of drug-likeness (QED) is 0.813. The molecule has 0 bridgehead atoms. The highest BCUT2D eigenvalue weighted by molar-refractivity contribution is 7.80. The number of nitrogens with one attached hydrogen (secondary N) is 1. The minimum atomic E-state index is 0.205. The monoisotopic (exact) mass is 350 g/mol. The van der Waals surface area contributed by atoms with Gasteiger partial charge in [0.25, 0.3) is 0 Å². The van der Waals surface area contributed by atoms with Gasteiger partial charge >= 0.3 is 0 Å². The van der Waals surface area contributed by atoms with Crippen LogP contribution in [0, 0.1) is 0 Å². The number of nitrogens with zero attached hydrogens (tertiary/aromatic N) is 1. The summed E-state index contributed by atoms with van der Waals surface area (Å²) >= 11 is 11.8. The van der Waals surface area contributed by atoms with E-state index in [1.807, 2.05) is 36.4 Å². The Balaban J connectivity index is 1.70. The first kappa shape index (κ1) is 16.3. The van der Waals surface area contributed by atoms with Crippen molar-refractivity contribution in [1.29, 1.82) is 0 Å². The van der Waals surface area contributed by atoms with E-state index >= 15 is 0 Å². The van der Waals surface area contributed by atoms with Gasteiger partial charge in [0.1, 0.15) is 5.76 Å². The van der Waals surface area contributed by atoms with E-state index in [0.717, 1.165) is 37.4 Å². The lowest BCUT2D eigenvalue weighted by Gasteiger charge is -2.27. The van der Waals surface area contributed by atoms with Crippen LogP contribution in [0.5, 0.6) is 0 Å². The summed E-state index contributed by atoms with van der Waals surface area (Å²) in [4.78, 5) is 2.06. The normalized spacial score (nSPS) is 17.2. The van der Waals surface area contributed by atoms with Gasteiger partial charge in [-0.15, -0.1) is 0 Å². The average molecular weight is 351 g/mol. The zero-order valence-corrected chi connectivity index (χ0v) is 14.3. The van der Waals surface area contributed by atoms with Crippen molar-refractivity contribution in [2.24, 2.45) is 0 Å². The highest BCUT2D eigenvalue weighted by Gasteiger charge is 2.22. The number of anilines is 1. The van der Waals surface area contributed by atoms with Crippen LogP contribution < -0.4 is 5.32 Å². The molecule has 0 amide bonds. The van der Waals surface area contributed by atoms with Crippen LogP contribution in [0.4, 0.5) is 5.69 Å². The van der Waals surface area contributed by atoms with Crippen molar-refractivity contribution < 1.29 is 9.15 Å². The number of rotatable bonds is 5. The summed E-state index contributed by atoms with van der Waals surface area (Å²) in [6.07, 6.45) is 4.04. The van der Waals surface area contributed by atoms with E-state index in [9.17, 15) is 0 Å². The molecule has 0 saturated carbocycles. The van der Waals surface area contributed by atoms with Crippen LogP contribution in [0.25, 0.3) is 0 Å². The topological polar surface area (TPSA) is 37.6 Å². The highest BCUT2D eigenvalue weighted by Crippen LogP contribution is 2.22. The molecule has 6 heteroatoms. The summed E-state index contributed by atoms with van der Waals surface area (Å²) in [5.74, 6) is 0.867. The second-order valence-electron chi connectivity index (χ2n) is 5.50. The van der Waals surface area contributed by atoms with Crippen LogP contribution in [0.3, 0.4) is 0 Å². The molecule has 0 unspecified atom stereocenters. The Labute approximate surface area is 146 Å². The smallest absolute Gasteiger partial charge is 0.173 e. The molecule has 1 fully saturated rings. The first-order valence-electron chi connectivity index (χ1n) is 7.67. The van der Waals surface area contributed by atoms with Crippen molar-refractivity contribution in [3.8, 4) is 0 Å². The Morgan fingerprint density at radius 1 is 1.30 bits per heavy atom. The molecular weight excluding hydrogens is 332 g/mol. The lowest BCUT2D eigenvalue weighted by Crippen LogP contribution is -2.39. The van der Waals surface area contributed by atoms with Crippen molar-refractivity contribution in [3.05, 3.63) is 53.4 Å². The number of ether oxygens (including phenoxy) is 1. The molecule has 1 atom stereocenters. The molecule has 1 saturated heterocycles. The number of para-hydroxylation sites is 1. The molecule has 2 aromatic rings. The minimum Gasteiger partial charge on any atom is -0.467 e. The van der Waals surface area contributed by atoms with E-state index in [4.69, 9.17) is 33.0 Å². The predicted molar refractivity (Wildman–Crippen MR) is 95.8 cm³/mol. The number of benzene rings is 1. The van der Waals surface area contributed by atoms with Crippen LogP contribution in [0.1, 0.15) is 18.6 Å². The molecule has 1 aliphatic heterocycles. The van der Waals surface area contributed by atoms with Crippen LogP contribution >= 0.6 is 23.8 Å². The fourth-order valence-electron chi connectivity index (χ4n) is 2.60. The first-order valence-corrected chi connectivity index (χ1v) is 8.45. The second kappa shape index (κ2) is 7.81. The van der Waals surface area contributed by atoms with Crippen LogP contribution in [0.2, 0.25) is 5.02 Å². The van der Waals surface area contributed by atoms with Gasteiger partial charge in [0.15, 0.2) is 5.11 Å². The maximum Gasteiger partial charge on any atom is 0.173 e. The van der Waals surface area contributed by atoms with E-state index in [0.29, 0.717) is 16.7 Å². The summed E-state index contributed by atoms with van der Waals surface area (Å²) in [5, 5.41) is 4.48. The highest BCUT2D eigenvalue weighted by atomic mass is 35.5. The summed E-state index contributed by atoms with van der Waals surface area (Å²) < 4.78 is 11.2. The molecule has 1 aromatic heterocycles. The molecule has 1 N–H and O–H groups in total. The number of furan rings is 1. The van der Waals surface area contributed by atoms with E-state index in [1.54, 1.807) is 6.26 Å². The number of hydrogen-bond donors (Lipinski definition) is 1. The zero-order valence-electron chi connectivity index (χ0n) is 12.7. The molecular formula is C17H19ClN2O2S. The third-order valence-corrected chi connectivity index (χ3v) is 4.47. The number of thiocarbonyl (C=S) groups is 1. The summed E-state index contributed by atoms with van der Waals surface area (Å²) in [7, 11) is 0. The van der Waals surface area contributed by atoms with Crippen LogP contribution in [-0.4, -0.2) is 29.3 Å². The van der Waals surface area contributed by atoms with E-state index < -0.39 is 0 Å². The molecule has 2 heterocycles. The van der Waals surface area contributed by atoms with Crippen molar-refractivity contribution in [3.63, 3.8) is 0 Å². The van der Waals surface area contributed by atoms with Crippen molar-refractivity contribution in [2.75, 3.05) is 18.5 Å². The van der Waals surface area contributed by atoms with Crippen LogP contribution in [0.15, 0.2) is 47.1 Å². The van der Waals surface area contributed by atoms with Gasteiger partial charge in [-0.2, -0.15) is 0 Å². The summed E-state index contributed by atoms with van der Waals surface area (Å²) in [6.45, 7) is 2.16. The SMILES string of the molecule is S=C(Nc1ccccc1Cl)N(Cc1ccco1)C[C@H]1CCCO1. The minimum absolute atomic E-state index is 0.205. The van der Waals surface area contributed by atoms with Gasteiger partial charge in [-0.3, -0.25) is 0 Å². The van der Waals surface area contributed by atoms with Gasteiger partial charge in [0.2, 0.25) is 0 Å². The molecule has 122 valence electrons. The molecule has 0 radical (unpaired) electrons. The fraction of sp³-hybridized carbons (Fsp3) is 0.353. The van der Waals surface area contributed by atoms with Gasteiger partial charge in [-0.05, 0) is 49.3 Å². The third-order valence-electron chi connectivity index (χ3n) is 3.78. The Bertz CT molecular complexity index is 642. The van der Waals surface area contributed by atoms with Gasteiger partial charge in [0.05, 0.1) is 29.6 Å². The Morgan fingerprint density at radius 3 is 2.87 bits per heavy atom. The van der Waals surface area contributed by atoms with Crippen molar-refractivity contribution in [2.45, 2.75) is 25.5 Å². The zero-order chi connectivity index (χ0) is 16.1. The second-order valence-corrected chi connectivity index (χ2v) is 6.30. The first-order chi connectivity index (χ1) is 11.2. The molecule has 4 nitrogen and oxygen atoms in total. The number of hydrogen-bond acceptors (Lipinski definition) is 3. The van der Waals surface area contributed by atoms with Crippen molar-refractivity contribution in [1.82, 2.24) is 4.90 Å². The standard InChI is InChI=1S/C17H19ClN2O2S/c18-15-7-1-2-8-16(15)19-17(23)20(11-13-5-3-9-21-13)12-14-6-4-10-22-14/h1-3,5,7-9,14H,4,6,10-12H2,(H,19,23)/t14-/m1/s1. The van der Waals surface area contributed by atoms with E-state index in [2.05, 4.69) is 10.2 Å². The maximum absolute atomic E-state index is 6.20. The van der Waals surface area contributed by atoms with Crippen LogP contribution in [-0.2, 0) is 11.3 Å². The number of halogens is 1. The Morgan fingerprint density at radius 2 is 2.17 bits per heavy atom. The Hall–Kier alpha value is -1.56. The summed E-state index contributed by atoms with van der Waals surface area (Å²) in [5.41, 5.74) is 0.802. The largest absolute Gasteiger partial charge is 0.467 e. The Kier molecular flexibility index (Phi) is 5.54. The van der Waals surface area contributed by atoms with Gasteiger partial charge in [-0.25, -0.2) is 0 Å². The molecule has 0 spiro atoms. The molecule has 1 aromatic carbocycles. The average Bonchev–Trinajstić information content (AvgIpc) is 3.22. The van der Waals surface area contributed by atoms with Gasteiger partial charge < -0.3 is 19.4 Å². The van der Waals surface area contributed by atoms with Gasteiger partial charge in [0, 0.05) is 13.2 Å². The third kappa shape index (κ3) is 4.47. The van der Waals surface area contributed by atoms with Crippen molar-refractivity contribution >= 4 is 34.6 Å². The molecule has 1 aliphatic rings. The van der Waals surface area contributed by atoms with E-state index in [-0.39, 0.29) is 6.10 Å². The molecule has 0 aliphatic carbocycles. The van der Waals surface area contributed by atoms with E-state index in [1.165, 1.54) is 0 Å². The molecule has 23 heavy (non-hydrogen) atoms. The lowest BCUT2D eigenvalue weighted by atomic mass is 10.2. The van der Waals surface area contributed by atoms with Gasteiger partial charge in [-0.1, -0.05) is 23.7 Å². The fourth-order valence-corrected chi connectivity index (χ4v) is 3.03. The predicted octanol–water partition coefficient (Wildman–Crippen LogP) is 4.31. The maximum atomic E-state index is 6.20.